The van der Waals surface area contributed by atoms with E-state index in [0.717, 1.165) is 11.7 Å². The largest absolute Gasteiger partial charge is 0.471 e. The average molecular weight is 425 g/mol. The van der Waals surface area contributed by atoms with Crippen LogP contribution in [0.15, 0.2) is 35.4 Å². The van der Waals surface area contributed by atoms with Gasteiger partial charge >= 0.3 is 0 Å². The molecular formula is C17H20N4O5S2. The molecule has 0 N–H and O–H groups in total. The molecule has 2 fully saturated rings. The second-order valence-electron chi connectivity index (χ2n) is 6.57. The fraction of sp³-hybridized carbons (Fsp3) is 0.471. The summed E-state index contributed by atoms with van der Waals surface area (Å²) in [5, 5.41) is 0. The first-order valence-corrected chi connectivity index (χ1v) is 11.1. The zero-order valence-corrected chi connectivity index (χ0v) is 16.7. The van der Waals surface area contributed by atoms with E-state index < -0.39 is 10.0 Å². The van der Waals surface area contributed by atoms with Crippen LogP contribution in [0.25, 0.3) is 0 Å². The first kappa shape index (κ1) is 19.2. The predicted molar refractivity (Wildman–Crippen MR) is 101 cm³/mol. The molecule has 1 aromatic heterocycles. The van der Waals surface area contributed by atoms with E-state index in [9.17, 15) is 13.2 Å². The summed E-state index contributed by atoms with van der Waals surface area (Å²) in [5.74, 6) is 0.333. The summed E-state index contributed by atoms with van der Waals surface area (Å²) in [6, 6.07) is 6.11. The number of ether oxygens (including phenoxy) is 2. The topological polar surface area (TPSA) is 102 Å². The zero-order chi connectivity index (χ0) is 19.6. The van der Waals surface area contributed by atoms with Gasteiger partial charge in [-0.05, 0) is 24.3 Å². The van der Waals surface area contributed by atoms with Gasteiger partial charge in [0.2, 0.25) is 15.9 Å². The van der Waals surface area contributed by atoms with Crippen molar-refractivity contribution >= 4 is 27.7 Å². The molecule has 9 nitrogen and oxygen atoms in total. The Morgan fingerprint density at radius 1 is 1.18 bits per heavy atom. The van der Waals surface area contributed by atoms with Gasteiger partial charge in [-0.1, -0.05) is 0 Å². The Hall–Kier alpha value is -2.08. The maximum atomic E-state index is 12.7. The second-order valence-corrected chi connectivity index (χ2v) is 9.06. The van der Waals surface area contributed by atoms with Crippen molar-refractivity contribution < 1.29 is 22.7 Å². The van der Waals surface area contributed by atoms with E-state index in [4.69, 9.17) is 9.47 Å². The van der Waals surface area contributed by atoms with Gasteiger partial charge in [-0.15, -0.1) is 4.37 Å². The molecule has 28 heavy (non-hydrogen) atoms. The number of carbonyl (C=O) groups is 1. The maximum absolute atomic E-state index is 12.7. The molecule has 4 rings (SSSR count). The van der Waals surface area contributed by atoms with E-state index in [-0.39, 0.29) is 16.9 Å². The van der Waals surface area contributed by atoms with Crippen LogP contribution >= 0.6 is 11.7 Å². The van der Waals surface area contributed by atoms with E-state index in [0.29, 0.717) is 57.3 Å². The van der Waals surface area contributed by atoms with Crippen LogP contribution in [-0.2, 0) is 14.8 Å². The smallest absolute Gasteiger partial charge is 0.253 e. The fourth-order valence-corrected chi connectivity index (χ4v) is 5.04. The van der Waals surface area contributed by atoms with Crippen molar-refractivity contribution in [3.05, 3.63) is 36.0 Å². The molecule has 1 aromatic carbocycles. The van der Waals surface area contributed by atoms with Gasteiger partial charge in [0, 0.05) is 31.6 Å². The van der Waals surface area contributed by atoms with Crippen molar-refractivity contribution in [2.75, 3.05) is 39.4 Å². The first-order valence-electron chi connectivity index (χ1n) is 8.95. The number of hydrogen-bond donors (Lipinski definition) is 0. The molecular weight excluding hydrogens is 404 g/mol. The Morgan fingerprint density at radius 2 is 1.93 bits per heavy atom. The molecule has 150 valence electrons. The van der Waals surface area contributed by atoms with E-state index in [2.05, 4.69) is 8.75 Å². The molecule has 2 saturated heterocycles. The van der Waals surface area contributed by atoms with Crippen molar-refractivity contribution in [1.29, 1.82) is 0 Å². The molecule has 11 heteroatoms. The Labute approximate surface area is 167 Å². The van der Waals surface area contributed by atoms with Gasteiger partial charge in [0.1, 0.15) is 12.3 Å². The molecule has 0 saturated carbocycles. The Morgan fingerprint density at radius 3 is 2.61 bits per heavy atom. The molecule has 1 atom stereocenters. The molecule has 2 aliphatic rings. The molecule has 0 radical (unpaired) electrons. The summed E-state index contributed by atoms with van der Waals surface area (Å²) >= 11 is 1.08. The minimum atomic E-state index is -3.56. The highest BCUT2D eigenvalue weighted by Gasteiger charge is 2.30. The number of benzene rings is 1. The highest BCUT2D eigenvalue weighted by atomic mass is 32.2. The van der Waals surface area contributed by atoms with Gasteiger partial charge < -0.3 is 14.4 Å². The van der Waals surface area contributed by atoms with E-state index in [1.54, 1.807) is 23.2 Å². The van der Waals surface area contributed by atoms with Gasteiger partial charge in [-0.25, -0.2) is 8.42 Å². The van der Waals surface area contributed by atoms with E-state index in [1.807, 2.05) is 0 Å². The van der Waals surface area contributed by atoms with Crippen LogP contribution in [0, 0.1) is 0 Å². The highest BCUT2D eigenvalue weighted by molar-refractivity contribution is 7.89. The van der Waals surface area contributed by atoms with Crippen molar-refractivity contribution in [1.82, 2.24) is 18.0 Å². The lowest BCUT2D eigenvalue weighted by Gasteiger charge is -2.26. The fourth-order valence-electron chi connectivity index (χ4n) is 3.28. The molecule has 3 heterocycles. The normalized spacial score (nSPS) is 21.0. The number of likely N-dealkylation sites (tertiary alicyclic amines) is 1. The number of rotatable bonds is 5. The van der Waals surface area contributed by atoms with Crippen LogP contribution in [0.4, 0.5) is 0 Å². The minimum Gasteiger partial charge on any atom is -0.471 e. The molecule has 0 bridgehead atoms. The number of aromatic nitrogens is 2. The number of sulfonamides is 1. The summed E-state index contributed by atoms with van der Waals surface area (Å²) < 4.78 is 45.6. The number of nitrogens with zero attached hydrogens (tertiary/aromatic N) is 4. The van der Waals surface area contributed by atoms with Crippen LogP contribution in [0.1, 0.15) is 16.8 Å². The Kier molecular flexibility index (Phi) is 5.58. The van der Waals surface area contributed by atoms with Crippen LogP contribution in [0.5, 0.6) is 5.88 Å². The van der Waals surface area contributed by atoms with Gasteiger partial charge in [-0.2, -0.15) is 8.68 Å². The lowest BCUT2D eigenvalue weighted by molar-refractivity contribution is 0.0730. The molecule has 1 unspecified atom stereocenters. The maximum Gasteiger partial charge on any atom is 0.253 e. The zero-order valence-electron chi connectivity index (χ0n) is 15.1. The van der Waals surface area contributed by atoms with Crippen molar-refractivity contribution in [3.63, 3.8) is 0 Å². The first-order chi connectivity index (χ1) is 13.5. The predicted octanol–water partition coefficient (Wildman–Crippen LogP) is 0.852. The summed E-state index contributed by atoms with van der Waals surface area (Å²) in [7, 11) is -3.56. The van der Waals surface area contributed by atoms with Gasteiger partial charge in [0.05, 0.1) is 36.4 Å². The number of carbonyl (C=O) groups excluding carboxylic acids is 1. The summed E-state index contributed by atoms with van der Waals surface area (Å²) in [6.45, 7) is 2.51. The third-order valence-corrected chi connectivity index (χ3v) is 7.14. The van der Waals surface area contributed by atoms with Crippen molar-refractivity contribution in [3.8, 4) is 5.88 Å². The molecule has 2 aliphatic heterocycles. The lowest BCUT2D eigenvalue weighted by Crippen LogP contribution is -2.40. The Bertz CT molecular complexity index is 912. The van der Waals surface area contributed by atoms with Crippen molar-refractivity contribution in [2.45, 2.75) is 17.4 Å². The quantitative estimate of drug-likeness (QED) is 0.701. The van der Waals surface area contributed by atoms with Gasteiger partial charge in [-0.3, -0.25) is 4.79 Å². The minimum absolute atomic E-state index is 0.117. The van der Waals surface area contributed by atoms with Crippen LogP contribution in [0.3, 0.4) is 0 Å². The Balaban J connectivity index is 1.40. The molecule has 0 aliphatic carbocycles. The standard InChI is InChI=1S/C17H20N4O5S2/c22-17(20-6-5-14(12-20)26-16-11-18-27-19-16)13-1-3-15(4-2-13)28(23,24)21-7-9-25-10-8-21/h1-4,11,14H,5-10,12H2. The average Bonchev–Trinajstić information content (AvgIpc) is 3.41. The monoisotopic (exact) mass is 424 g/mol. The SMILES string of the molecule is O=C(c1ccc(S(=O)(=O)N2CCOCC2)cc1)N1CCC(Oc2cnsn2)C1. The third kappa shape index (κ3) is 4.02. The summed E-state index contributed by atoms with van der Waals surface area (Å²) in [4.78, 5) is 14.6. The van der Waals surface area contributed by atoms with Crippen molar-refractivity contribution in [2.24, 2.45) is 0 Å². The van der Waals surface area contributed by atoms with E-state index in [1.165, 1.54) is 16.4 Å². The molecule has 1 amide bonds. The van der Waals surface area contributed by atoms with Crippen LogP contribution in [-0.4, -0.2) is 77.8 Å². The summed E-state index contributed by atoms with van der Waals surface area (Å²) in [5.41, 5.74) is 0.455. The number of hydrogen-bond acceptors (Lipinski definition) is 8. The third-order valence-electron chi connectivity index (χ3n) is 4.77. The molecule has 0 spiro atoms. The molecule has 2 aromatic rings. The number of amides is 1. The second kappa shape index (κ2) is 8.11. The van der Waals surface area contributed by atoms with Crippen LogP contribution in [0.2, 0.25) is 0 Å². The van der Waals surface area contributed by atoms with E-state index >= 15 is 0 Å². The lowest BCUT2D eigenvalue weighted by atomic mass is 10.2. The van der Waals surface area contributed by atoms with Gasteiger partial charge in [0.25, 0.3) is 5.91 Å². The van der Waals surface area contributed by atoms with Crippen LogP contribution < -0.4 is 4.74 Å². The highest BCUT2D eigenvalue weighted by Crippen LogP contribution is 2.21. The van der Waals surface area contributed by atoms with Gasteiger partial charge in [0.15, 0.2) is 0 Å². The number of morpholine rings is 1. The summed E-state index contributed by atoms with van der Waals surface area (Å²) in [6.07, 6.45) is 2.16.